The quantitative estimate of drug-likeness (QED) is 0.645. The van der Waals surface area contributed by atoms with Gasteiger partial charge in [-0.15, -0.1) is 0 Å². The van der Waals surface area contributed by atoms with Crippen LogP contribution in [0.2, 0.25) is 0 Å². The molecule has 0 atom stereocenters. The zero-order valence-electron chi connectivity index (χ0n) is 13.8. The summed E-state index contributed by atoms with van der Waals surface area (Å²) in [7, 11) is 0. The fourth-order valence-corrected chi connectivity index (χ4v) is 2.56. The van der Waals surface area contributed by atoms with Crippen LogP contribution in [-0.4, -0.2) is 21.6 Å². The van der Waals surface area contributed by atoms with E-state index in [2.05, 4.69) is 0 Å². The minimum Gasteiger partial charge on any atom is -0.507 e. The van der Waals surface area contributed by atoms with E-state index in [1.807, 2.05) is 0 Å². The third kappa shape index (κ3) is 3.40. The second-order valence-electron chi connectivity index (χ2n) is 6.32. The SMILES string of the molecule is CC1(C)C=Cc2c(O)cc(O)c(C(=O)/C=C/c3ccc(F)cc3)c2O1. The van der Waals surface area contributed by atoms with Crippen molar-refractivity contribution >= 4 is 17.9 Å². The van der Waals surface area contributed by atoms with Gasteiger partial charge in [-0.25, -0.2) is 4.39 Å². The number of hydrogen-bond acceptors (Lipinski definition) is 4. The Morgan fingerprint density at radius 3 is 2.52 bits per heavy atom. The molecule has 0 aliphatic carbocycles. The number of hydrogen-bond donors (Lipinski definition) is 2. The number of fused-ring (bicyclic) bond motifs is 1. The van der Waals surface area contributed by atoms with E-state index in [1.54, 1.807) is 26.0 Å². The van der Waals surface area contributed by atoms with Crippen molar-refractivity contribution in [2.45, 2.75) is 19.4 Å². The van der Waals surface area contributed by atoms with E-state index in [0.717, 1.165) is 6.07 Å². The number of carbonyl (C=O) groups is 1. The lowest BCUT2D eigenvalue weighted by molar-refractivity contribution is 0.103. The summed E-state index contributed by atoms with van der Waals surface area (Å²) in [6, 6.07) is 6.77. The smallest absolute Gasteiger partial charge is 0.193 e. The van der Waals surface area contributed by atoms with Crippen LogP contribution >= 0.6 is 0 Å². The molecule has 0 aromatic heterocycles. The van der Waals surface area contributed by atoms with Gasteiger partial charge in [-0.05, 0) is 49.8 Å². The molecule has 0 spiro atoms. The molecule has 1 aliphatic heterocycles. The van der Waals surface area contributed by atoms with Gasteiger partial charge in [0.15, 0.2) is 5.78 Å². The predicted octanol–water partition coefficient (Wildman–Crippen LogP) is 4.32. The number of ether oxygens (including phenoxy) is 1. The van der Waals surface area contributed by atoms with Gasteiger partial charge in [-0.2, -0.15) is 0 Å². The summed E-state index contributed by atoms with van der Waals surface area (Å²) in [4.78, 5) is 12.6. The van der Waals surface area contributed by atoms with Gasteiger partial charge in [0.25, 0.3) is 0 Å². The Labute approximate surface area is 144 Å². The first-order valence-electron chi connectivity index (χ1n) is 7.72. The molecule has 128 valence electrons. The molecule has 1 aliphatic rings. The summed E-state index contributed by atoms with van der Waals surface area (Å²) in [5, 5.41) is 20.1. The lowest BCUT2D eigenvalue weighted by atomic mass is 9.96. The summed E-state index contributed by atoms with van der Waals surface area (Å²) in [6.07, 6.45) is 6.21. The Morgan fingerprint density at radius 2 is 1.84 bits per heavy atom. The van der Waals surface area contributed by atoms with E-state index >= 15 is 0 Å². The molecule has 1 heterocycles. The third-order valence-corrected chi connectivity index (χ3v) is 3.84. The van der Waals surface area contributed by atoms with Gasteiger partial charge in [0.05, 0.1) is 5.56 Å². The van der Waals surface area contributed by atoms with E-state index in [0.29, 0.717) is 11.1 Å². The van der Waals surface area contributed by atoms with Crippen LogP contribution in [-0.2, 0) is 0 Å². The molecular formula is C20H17FO4. The summed E-state index contributed by atoms with van der Waals surface area (Å²) < 4.78 is 18.7. The average Bonchev–Trinajstić information content (AvgIpc) is 2.53. The van der Waals surface area contributed by atoms with Crippen LogP contribution in [0.5, 0.6) is 17.2 Å². The number of ketones is 1. The normalized spacial score (nSPS) is 15.0. The molecule has 0 amide bonds. The summed E-state index contributed by atoms with van der Waals surface area (Å²) >= 11 is 0. The maximum Gasteiger partial charge on any atom is 0.193 e. The molecule has 0 saturated heterocycles. The van der Waals surface area contributed by atoms with Crippen LogP contribution in [0.1, 0.15) is 35.3 Å². The molecule has 0 fully saturated rings. The van der Waals surface area contributed by atoms with Crippen LogP contribution in [0.15, 0.2) is 42.5 Å². The third-order valence-electron chi connectivity index (χ3n) is 3.84. The average molecular weight is 340 g/mol. The van der Waals surface area contributed by atoms with Crippen LogP contribution < -0.4 is 4.74 Å². The molecule has 0 unspecified atom stereocenters. The van der Waals surface area contributed by atoms with E-state index in [1.165, 1.54) is 36.4 Å². The molecule has 25 heavy (non-hydrogen) atoms. The van der Waals surface area contributed by atoms with Gasteiger partial charge in [0.2, 0.25) is 0 Å². The minimum atomic E-state index is -0.678. The number of benzene rings is 2. The van der Waals surface area contributed by atoms with Gasteiger partial charge >= 0.3 is 0 Å². The number of rotatable bonds is 3. The van der Waals surface area contributed by atoms with E-state index < -0.39 is 11.4 Å². The Bertz CT molecular complexity index is 893. The van der Waals surface area contributed by atoms with Crippen LogP contribution in [0.3, 0.4) is 0 Å². The number of allylic oxidation sites excluding steroid dienone is 1. The van der Waals surface area contributed by atoms with Crippen molar-refractivity contribution in [1.29, 1.82) is 0 Å². The second-order valence-corrected chi connectivity index (χ2v) is 6.32. The molecule has 4 nitrogen and oxygen atoms in total. The molecule has 0 radical (unpaired) electrons. The first kappa shape index (κ1) is 16.8. The van der Waals surface area contributed by atoms with Crippen LogP contribution in [0.4, 0.5) is 4.39 Å². The second kappa shape index (κ2) is 6.09. The van der Waals surface area contributed by atoms with Crippen molar-refractivity contribution in [2.24, 2.45) is 0 Å². The minimum absolute atomic E-state index is 0.0245. The number of halogens is 1. The van der Waals surface area contributed by atoms with E-state index in [4.69, 9.17) is 4.74 Å². The fourth-order valence-electron chi connectivity index (χ4n) is 2.56. The zero-order chi connectivity index (χ0) is 18.2. The first-order chi connectivity index (χ1) is 11.8. The predicted molar refractivity (Wildman–Crippen MR) is 93.3 cm³/mol. The van der Waals surface area contributed by atoms with Crippen molar-refractivity contribution in [3.63, 3.8) is 0 Å². The van der Waals surface area contributed by atoms with Gasteiger partial charge in [-0.1, -0.05) is 18.2 Å². The summed E-state index contributed by atoms with van der Waals surface area (Å²) in [5.74, 6) is -1.24. The molecular weight excluding hydrogens is 323 g/mol. The first-order valence-corrected chi connectivity index (χ1v) is 7.72. The molecule has 2 aromatic rings. The number of aromatic hydroxyl groups is 2. The number of carbonyl (C=O) groups excluding carboxylic acids is 1. The molecule has 3 rings (SSSR count). The highest BCUT2D eigenvalue weighted by molar-refractivity contribution is 6.11. The summed E-state index contributed by atoms with van der Waals surface area (Å²) in [6.45, 7) is 3.60. The largest absolute Gasteiger partial charge is 0.507 e. The van der Waals surface area contributed by atoms with Gasteiger partial charge in [0, 0.05) is 6.07 Å². The van der Waals surface area contributed by atoms with Gasteiger partial charge < -0.3 is 14.9 Å². The highest BCUT2D eigenvalue weighted by Gasteiger charge is 2.29. The number of phenols is 2. The fraction of sp³-hybridized carbons (Fsp3) is 0.150. The van der Waals surface area contributed by atoms with Crippen molar-refractivity contribution in [2.75, 3.05) is 0 Å². The molecule has 2 aromatic carbocycles. The lowest BCUT2D eigenvalue weighted by Gasteiger charge is -2.29. The van der Waals surface area contributed by atoms with E-state index in [-0.39, 0.29) is 28.6 Å². The Kier molecular flexibility index (Phi) is 4.08. The number of phenolic OH excluding ortho intramolecular Hbond substituents is 2. The lowest BCUT2D eigenvalue weighted by Crippen LogP contribution is -2.28. The molecule has 2 N–H and O–H groups in total. The van der Waals surface area contributed by atoms with E-state index in [9.17, 15) is 19.4 Å². The van der Waals surface area contributed by atoms with Crippen molar-refractivity contribution < 1.29 is 24.1 Å². The standard InChI is InChI=1S/C20H17FO4/c1-20(2)10-9-14-16(23)11-17(24)18(19(14)25-20)15(22)8-5-12-3-6-13(21)7-4-12/h3-11,23-24H,1-2H3/b8-5+. The van der Waals surface area contributed by atoms with Crippen molar-refractivity contribution in [1.82, 2.24) is 0 Å². The molecule has 5 heteroatoms. The van der Waals surface area contributed by atoms with Crippen molar-refractivity contribution in [3.8, 4) is 17.2 Å². The van der Waals surface area contributed by atoms with Crippen LogP contribution in [0, 0.1) is 5.82 Å². The maximum atomic E-state index is 12.9. The highest BCUT2D eigenvalue weighted by Crippen LogP contribution is 2.43. The molecule has 0 bridgehead atoms. The van der Waals surface area contributed by atoms with Gasteiger partial charge in [0.1, 0.15) is 34.2 Å². The highest BCUT2D eigenvalue weighted by atomic mass is 19.1. The zero-order valence-corrected chi connectivity index (χ0v) is 13.8. The monoisotopic (exact) mass is 340 g/mol. The summed E-state index contributed by atoms with van der Waals surface area (Å²) in [5.41, 5.74) is 0.283. The van der Waals surface area contributed by atoms with Crippen LogP contribution in [0.25, 0.3) is 12.2 Å². The Balaban J connectivity index is 2.01. The molecule has 0 saturated carbocycles. The Morgan fingerprint density at radius 1 is 1.16 bits per heavy atom. The Hall–Kier alpha value is -3.08. The van der Waals surface area contributed by atoms with Crippen molar-refractivity contribution in [3.05, 3.63) is 65.0 Å². The topological polar surface area (TPSA) is 66.8 Å². The maximum absolute atomic E-state index is 12.9. The van der Waals surface area contributed by atoms with Gasteiger partial charge in [-0.3, -0.25) is 4.79 Å².